The van der Waals surface area contributed by atoms with E-state index in [9.17, 15) is 4.39 Å². The third kappa shape index (κ3) is 3.15. The largest absolute Gasteiger partial charge is 0.377 e. The molecule has 1 atom stereocenters. The first-order valence-electron chi connectivity index (χ1n) is 6.04. The van der Waals surface area contributed by atoms with Crippen molar-refractivity contribution in [3.05, 3.63) is 43.6 Å². The Morgan fingerprint density at radius 3 is 2.58 bits per heavy atom. The lowest BCUT2D eigenvalue weighted by Crippen LogP contribution is -2.08. The zero-order valence-electron chi connectivity index (χ0n) is 11.3. The van der Waals surface area contributed by atoms with E-state index >= 15 is 0 Å². The zero-order chi connectivity index (χ0) is 14.2. The number of hydrogen-bond donors (Lipinski definition) is 1. The number of aromatic nitrogens is 1. The van der Waals surface area contributed by atoms with Gasteiger partial charge in [-0.05, 0) is 61.3 Å². The maximum Gasteiger partial charge on any atom is 0.139 e. The summed E-state index contributed by atoms with van der Waals surface area (Å²) in [6.07, 6.45) is 0. The van der Waals surface area contributed by atoms with E-state index in [0.717, 1.165) is 22.0 Å². The summed E-state index contributed by atoms with van der Waals surface area (Å²) in [5.74, 6) is -0.252. The molecule has 2 rings (SSSR count). The number of hydrogen-bond acceptors (Lipinski definition) is 3. The average Bonchev–Trinajstić information content (AvgIpc) is 2.65. The van der Waals surface area contributed by atoms with Gasteiger partial charge < -0.3 is 5.32 Å². The third-order valence-corrected chi connectivity index (χ3v) is 4.84. The Bertz CT molecular complexity index is 610. The number of halogens is 2. The van der Waals surface area contributed by atoms with E-state index in [4.69, 9.17) is 0 Å². The molecule has 0 aliphatic rings. The quantitative estimate of drug-likeness (QED) is 0.834. The molecule has 5 heteroatoms. The molecule has 0 spiro atoms. The van der Waals surface area contributed by atoms with Crippen LogP contribution in [-0.4, -0.2) is 4.98 Å². The summed E-state index contributed by atoms with van der Waals surface area (Å²) < 4.78 is 14.1. The number of nitrogens with zero attached hydrogens (tertiary/aromatic N) is 1. The molecule has 0 bridgehead atoms. The lowest BCUT2D eigenvalue weighted by atomic mass is 10.1. The fraction of sp³-hybridized carbons (Fsp3) is 0.357. The summed E-state index contributed by atoms with van der Waals surface area (Å²) >= 11 is 4.87. The van der Waals surface area contributed by atoms with Crippen molar-refractivity contribution in [2.45, 2.75) is 33.7 Å². The van der Waals surface area contributed by atoms with Crippen LogP contribution in [0.5, 0.6) is 0 Å². The van der Waals surface area contributed by atoms with Gasteiger partial charge in [0.2, 0.25) is 0 Å². The number of nitrogens with one attached hydrogen (secondary N) is 1. The standard InChI is InChI=1S/C14H16BrFN2S/c1-7-5-11(15)12(16)6-13(7)18-9(3)14-8(2)17-10(4)19-14/h5-6,9,18H,1-4H3. The molecule has 0 saturated heterocycles. The Morgan fingerprint density at radius 2 is 2.00 bits per heavy atom. The Hall–Kier alpha value is -0.940. The lowest BCUT2D eigenvalue weighted by molar-refractivity contribution is 0.620. The second kappa shape index (κ2) is 5.59. The van der Waals surface area contributed by atoms with Gasteiger partial charge in [-0.3, -0.25) is 0 Å². The molecular weight excluding hydrogens is 327 g/mol. The van der Waals surface area contributed by atoms with Crippen LogP contribution in [0.4, 0.5) is 10.1 Å². The van der Waals surface area contributed by atoms with Crippen LogP contribution in [-0.2, 0) is 0 Å². The van der Waals surface area contributed by atoms with Gasteiger partial charge in [0.15, 0.2) is 0 Å². The van der Waals surface area contributed by atoms with Crippen molar-refractivity contribution in [3.8, 4) is 0 Å². The van der Waals surface area contributed by atoms with Crippen molar-refractivity contribution >= 4 is 33.0 Å². The first-order chi connectivity index (χ1) is 8.88. The Labute approximate surface area is 125 Å². The Balaban J connectivity index is 2.26. The van der Waals surface area contributed by atoms with Gasteiger partial charge in [0, 0.05) is 10.6 Å². The normalized spacial score (nSPS) is 12.5. The van der Waals surface area contributed by atoms with Crippen LogP contribution in [0.2, 0.25) is 0 Å². The van der Waals surface area contributed by atoms with Crippen LogP contribution in [0.3, 0.4) is 0 Å². The van der Waals surface area contributed by atoms with Crippen molar-refractivity contribution < 1.29 is 4.39 Å². The number of rotatable bonds is 3. The predicted molar refractivity (Wildman–Crippen MR) is 82.5 cm³/mol. The first kappa shape index (κ1) is 14.5. The fourth-order valence-electron chi connectivity index (χ4n) is 2.05. The van der Waals surface area contributed by atoms with E-state index in [2.05, 4.69) is 33.2 Å². The summed E-state index contributed by atoms with van der Waals surface area (Å²) in [4.78, 5) is 5.62. The van der Waals surface area contributed by atoms with Crippen LogP contribution in [0.25, 0.3) is 0 Å². The first-order valence-corrected chi connectivity index (χ1v) is 7.65. The van der Waals surface area contributed by atoms with Crippen molar-refractivity contribution in [1.82, 2.24) is 4.98 Å². The summed E-state index contributed by atoms with van der Waals surface area (Å²) in [6.45, 7) is 8.04. The highest BCUT2D eigenvalue weighted by atomic mass is 79.9. The topological polar surface area (TPSA) is 24.9 Å². The summed E-state index contributed by atoms with van der Waals surface area (Å²) in [6, 6.07) is 3.43. The molecule has 1 aromatic carbocycles. The van der Waals surface area contributed by atoms with Crippen molar-refractivity contribution in [3.63, 3.8) is 0 Å². The maximum absolute atomic E-state index is 13.6. The maximum atomic E-state index is 13.6. The number of thiazole rings is 1. The second-order valence-corrected chi connectivity index (χ2v) is 6.72. The molecule has 0 fully saturated rings. The minimum absolute atomic E-state index is 0.116. The molecule has 1 heterocycles. The molecular formula is C14H16BrFN2S. The molecule has 0 aliphatic carbocycles. The molecule has 2 aromatic rings. The highest BCUT2D eigenvalue weighted by Gasteiger charge is 2.14. The van der Waals surface area contributed by atoms with E-state index in [1.165, 1.54) is 10.9 Å². The van der Waals surface area contributed by atoms with Crippen LogP contribution in [0, 0.1) is 26.6 Å². The van der Waals surface area contributed by atoms with E-state index in [1.54, 1.807) is 17.4 Å². The van der Waals surface area contributed by atoms with Crippen molar-refractivity contribution in [2.75, 3.05) is 5.32 Å². The van der Waals surface area contributed by atoms with E-state index in [0.29, 0.717) is 4.47 Å². The molecule has 2 nitrogen and oxygen atoms in total. The number of aryl methyl sites for hydroxylation is 3. The highest BCUT2D eigenvalue weighted by molar-refractivity contribution is 9.10. The molecule has 19 heavy (non-hydrogen) atoms. The molecule has 0 radical (unpaired) electrons. The summed E-state index contributed by atoms with van der Waals surface area (Å²) in [5.41, 5.74) is 2.87. The number of benzene rings is 1. The third-order valence-electron chi connectivity index (χ3n) is 2.97. The van der Waals surface area contributed by atoms with Gasteiger partial charge in [0.25, 0.3) is 0 Å². The molecule has 0 saturated carbocycles. The highest BCUT2D eigenvalue weighted by Crippen LogP contribution is 2.30. The summed E-state index contributed by atoms with van der Waals surface area (Å²) in [5, 5.41) is 4.41. The Morgan fingerprint density at radius 1 is 1.32 bits per heavy atom. The number of anilines is 1. The monoisotopic (exact) mass is 342 g/mol. The molecule has 102 valence electrons. The van der Waals surface area contributed by atoms with Gasteiger partial charge in [-0.1, -0.05) is 0 Å². The van der Waals surface area contributed by atoms with Crippen molar-refractivity contribution in [1.29, 1.82) is 0 Å². The predicted octanol–water partition coefficient (Wildman–Crippen LogP) is 5.14. The smallest absolute Gasteiger partial charge is 0.139 e. The van der Waals surface area contributed by atoms with E-state index < -0.39 is 0 Å². The second-order valence-electron chi connectivity index (χ2n) is 4.63. The molecule has 0 amide bonds. The lowest BCUT2D eigenvalue weighted by Gasteiger charge is -2.17. The molecule has 1 N–H and O–H groups in total. The molecule has 1 aromatic heterocycles. The fourth-order valence-corrected chi connectivity index (χ4v) is 3.44. The van der Waals surface area contributed by atoms with E-state index in [1.807, 2.05) is 20.8 Å². The van der Waals surface area contributed by atoms with Crippen LogP contribution < -0.4 is 5.32 Å². The zero-order valence-corrected chi connectivity index (χ0v) is 13.7. The van der Waals surface area contributed by atoms with Crippen LogP contribution >= 0.6 is 27.3 Å². The van der Waals surface area contributed by atoms with Gasteiger partial charge >= 0.3 is 0 Å². The van der Waals surface area contributed by atoms with Gasteiger partial charge in [0.1, 0.15) is 5.82 Å². The minimum Gasteiger partial charge on any atom is -0.377 e. The van der Waals surface area contributed by atoms with Gasteiger partial charge in [-0.2, -0.15) is 0 Å². The van der Waals surface area contributed by atoms with Gasteiger partial charge in [-0.25, -0.2) is 9.37 Å². The molecule has 0 aliphatic heterocycles. The SMILES string of the molecule is Cc1nc(C)c(C(C)Nc2cc(F)c(Br)cc2C)s1. The van der Waals surface area contributed by atoms with E-state index in [-0.39, 0.29) is 11.9 Å². The van der Waals surface area contributed by atoms with Crippen LogP contribution in [0.15, 0.2) is 16.6 Å². The van der Waals surface area contributed by atoms with Gasteiger partial charge in [-0.15, -0.1) is 11.3 Å². The van der Waals surface area contributed by atoms with Crippen LogP contribution in [0.1, 0.15) is 34.1 Å². The molecule has 1 unspecified atom stereocenters. The van der Waals surface area contributed by atoms with Gasteiger partial charge in [0.05, 0.1) is 21.2 Å². The average molecular weight is 343 g/mol. The summed E-state index contributed by atoms with van der Waals surface area (Å²) in [7, 11) is 0. The minimum atomic E-state index is -0.252. The van der Waals surface area contributed by atoms with Crippen molar-refractivity contribution in [2.24, 2.45) is 0 Å². The Kier molecular flexibility index (Phi) is 4.26.